The Kier molecular flexibility index (Phi) is 4.73. The highest BCUT2D eigenvalue weighted by molar-refractivity contribution is 5.79. The van der Waals surface area contributed by atoms with Gasteiger partial charge in [0.15, 0.2) is 6.29 Å². The molecule has 1 saturated heterocycles. The summed E-state index contributed by atoms with van der Waals surface area (Å²) in [6, 6.07) is 7.35. The normalized spacial score (nSPS) is 17.6. The van der Waals surface area contributed by atoms with Gasteiger partial charge in [0.1, 0.15) is 12.4 Å². The average Bonchev–Trinajstić information content (AvgIpc) is 2.41. The zero-order chi connectivity index (χ0) is 12.8. The van der Waals surface area contributed by atoms with Crippen LogP contribution in [0.2, 0.25) is 0 Å². The van der Waals surface area contributed by atoms with Crippen LogP contribution >= 0.6 is 0 Å². The van der Waals surface area contributed by atoms with E-state index in [-0.39, 0.29) is 0 Å². The summed E-state index contributed by atoms with van der Waals surface area (Å²) in [7, 11) is 2.15. The molecule has 18 heavy (non-hydrogen) atoms. The van der Waals surface area contributed by atoms with Crippen molar-refractivity contribution in [3.63, 3.8) is 0 Å². The molecule has 4 nitrogen and oxygen atoms in total. The minimum absolute atomic E-state index is 0.621. The van der Waals surface area contributed by atoms with Crippen molar-refractivity contribution in [1.29, 1.82) is 0 Å². The zero-order valence-electron chi connectivity index (χ0n) is 10.8. The van der Waals surface area contributed by atoms with Crippen LogP contribution in [0.1, 0.15) is 10.4 Å². The second kappa shape index (κ2) is 6.52. The van der Waals surface area contributed by atoms with Gasteiger partial charge in [-0.2, -0.15) is 0 Å². The van der Waals surface area contributed by atoms with Crippen LogP contribution in [0.5, 0.6) is 5.75 Å². The molecule has 0 bridgehead atoms. The van der Waals surface area contributed by atoms with Crippen LogP contribution in [-0.2, 0) is 0 Å². The Hall–Kier alpha value is -1.39. The Morgan fingerprint density at radius 1 is 1.22 bits per heavy atom. The summed E-state index contributed by atoms with van der Waals surface area (Å²) in [6.45, 7) is 5.97. The van der Waals surface area contributed by atoms with Crippen LogP contribution in [0.4, 0.5) is 0 Å². The number of hydrogen-bond donors (Lipinski definition) is 0. The summed E-state index contributed by atoms with van der Waals surface area (Å²) in [4.78, 5) is 15.6. The number of hydrogen-bond acceptors (Lipinski definition) is 4. The minimum atomic E-state index is 0.621. The topological polar surface area (TPSA) is 32.8 Å². The molecule has 4 heteroatoms. The van der Waals surface area contributed by atoms with Crippen LogP contribution < -0.4 is 4.74 Å². The van der Waals surface area contributed by atoms with Gasteiger partial charge in [0.2, 0.25) is 0 Å². The Balaban J connectivity index is 1.76. The van der Waals surface area contributed by atoms with E-state index in [2.05, 4.69) is 16.8 Å². The number of carbonyl (C=O) groups is 1. The molecule has 2 rings (SSSR count). The third kappa shape index (κ3) is 3.55. The van der Waals surface area contributed by atoms with Gasteiger partial charge in [-0.05, 0) is 19.2 Å². The molecule has 1 aliphatic heterocycles. The van der Waals surface area contributed by atoms with Crippen molar-refractivity contribution in [2.45, 2.75) is 0 Å². The molecule has 1 fully saturated rings. The number of aldehydes is 1. The van der Waals surface area contributed by atoms with Gasteiger partial charge >= 0.3 is 0 Å². The third-order valence-corrected chi connectivity index (χ3v) is 3.31. The highest BCUT2D eigenvalue weighted by atomic mass is 16.5. The van der Waals surface area contributed by atoms with Crippen molar-refractivity contribution < 1.29 is 9.53 Å². The number of carbonyl (C=O) groups excluding carboxylic acids is 1. The van der Waals surface area contributed by atoms with E-state index in [1.54, 1.807) is 6.07 Å². The Morgan fingerprint density at radius 2 is 1.94 bits per heavy atom. The molecule has 98 valence electrons. The number of nitrogens with zero attached hydrogens (tertiary/aromatic N) is 2. The Bertz CT molecular complexity index is 387. The minimum Gasteiger partial charge on any atom is -0.492 e. The van der Waals surface area contributed by atoms with Crippen molar-refractivity contribution in [2.24, 2.45) is 0 Å². The fraction of sp³-hybridized carbons (Fsp3) is 0.500. The number of piperazine rings is 1. The molecule has 0 spiro atoms. The fourth-order valence-electron chi connectivity index (χ4n) is 2.07. The lowest BCUT2D eigenvalue weighted by Crippen LogP contribution is -2.45. The van der Waals surface area contributed by atoms with Gasteiger partial charge in [0.05, 0.1) is 5.56 Å². The fourth-order valence-corrected chi connectivity index (χ4v) is 2.07. The Morgan fingerprint density at radius 3 is 2.67 bits per heavy atom. The van der Waals surface area contributed by atoms with E-state index in [4.69, 9.17) is 4.74 Å². The monoisotopic (exact) mass is 248 g/mol. The molecule has 0 saturated carbocycles. The summed E-state index contributed by atoms with van der Waals surface area (Å²) in [6.07, 6.45) is 0.838. The largest absolute Gasteiger partial charge is 0.492 e. The van der Waals surface area contributed by atoms with Gasteiger partial charge in [0.25, 0.3) is 0 Å². The average molecular weight is 248 g/mol. The van der Waals surface area contributed by atoms with Gasteiger partial charge < -0.3 is 9.64 Å². The molecule has 0 radical (unpaired) electrons. The van der Waals surface area contributed by atoms with E-state index >= 15 is 0 Å². The van der Waals surface area contributed by atoms with Gasteiger partial charge in [-0.15, -0.1) is 0 Å². The van der Waals surface area contributed by atoms with Gasteiger partial charge in [-0.3, -0.25) is 9.69 Å². The summed E-state index contributed by atoms with van der Waals surface area (Å²) in [5.41, 5.74) is 0.621. The molecule has 0 aromatic heterocycles. The lowest BCUT2D eigenvalue weighted by Gasteiger charge is -2.32. The first-order chi connectivity index (χ1) is 8.79. The highest BCUT2D eigenvalue weighted by Crippen LogP contribution is 2.15. The van der Waals surface area contributed by atoms with Crippen molar-refractivity contribution >= 4 is 6.29 Å². The Labute approximate surface area is 108 Å². The molecule has 1 heterocycles. The van der Waals surface area contributed by atoms with Crippen molar-refractivity contribution in [3.05, 3.63) is 29.8 Å². The van der Waals surface area contributed by atoms with E-state index in [1.807, 2.05) is 18.2 Å². The molecule has 1 aromatic carbocycles. The first-order valence-corrected chi connectivity index (χ1v) is 6.37. The SMILES string of the molecule is CN1CCN(CCOc2ccccc2C=O)CC1. The van der Waals surface area contributed by atoms with E-state index in [1.165, 1.54) is 0 Å². The summed E-state index contributed by atoms with van der Waals surface area (Å²) >= 11 is 0. The van der Waals surface area contributed by atoms with Crippen LogP contribution in [0.3, 0.4) is 0 Å². The molecule has 1 aliphatic rings. The summed E-state index contributed by atoms with van der Waals surface area (Å²) < 4.78 is 5.67. The van der Waals surface area contributed by atoms with Crippen molar-refractivity contribution in [3.8, 4) is 5.75 Å². The number of ether oxygens (including phenoxy) is 1. The first kappa shape index (κ1) is 13.1. The van der Waals surface area contributed by atoms with Gasteiger partial charge in [-0.25, -0.2) is 0 Å². The second-order valence-electron chi connectivity index (χ2n) is 4.65. The van der Waals surface area contributed by atoms with Crippen molar-refractivity contribution in [2.75, 3.05) is 46.4 Å². The van der Waals surface area contributed by atoms with Crippen LogP contribution in [0.15, 0.2) is 24.3 Å². The number of rotatable bonds is 5. The molecule has 0 atom stereocenters. The van der Waals surface area contributed by atoms with E-state index in [0.717, 1.165) is 39.0 Å². The molecule has 1 aromatic rings. The first-order valence-electron chi connectivity index (χ1n) is 6.37. The molecule has 0 amide bonds. The molecular formula is C14H20N2O2. The molecule has 0 N–H and O–H groups in total. The molecule has 0 unspecified atom stereocenters. The van der Waals surface area contributed by atoms with Crippen LogP contribution in [-0.4, -0.2) is 62.5 Å². The lowest BCUT2D eigenvalue weighted by atomic mass is 10.2. The predicted octanol–water partition coefficient (Wildman–Crippen LogP) is 1.13. The molecule has 0 aliphatic carbocycles. The standard InChI is InChI=1S/C14H20N2O2/c1-15-6-8-16(9-7-15)10-11-18-14-5-3-2-4-13(14)12-17/h2-5,12H,6-11H2,1H3. The van der Waals surface area contributed by atoms with Crippen molar-refractivity contribution in [1.82, 2.24) is 9.80 Å². The zero-order valence-corrected chi connectivity index (χ0v) is 10.8. The predicted molar refractivity (Wildman–Crippen MR) is 71.3 cm³/mol. The van der Waals surface area contributed by atoms with E-state index in [0.29, 0.717) is 17.9 Å². The maximum atomic E-state index is 10.8. The third-order valence-electron chi connectivity index (χ3n) is 3.31. The second-order valence-corrected chi connectivity index (χ2v) is 4.65. The van der Waals surface area contributed by atoms with Crippen LogP contribution in [0.25, 0.3) is 0 Å². The van der Waals surface area contributed by atoms with E-state index < -0.39 is 0 Å². The van der Waals surface area contributed by atoms with Gasteiger partial charge in [0, 0.05) is 32.7 Å². The quantitative estimate of drug-likeness (QED) is 0.731. The lowest BCUT2D eigenvalue weighted by molar-refractivity contribution is 0.111. The van der Waals surface area contributed by atoms with E-state index in [9.17, 15) is 4.79 Å². The molecular weight excluding hydrogens is 228 g/mol. The maximum absolute atomic E-state index is 10.8. The summed E-state index contributed by atoms with van der Waals surface area (Å²) in [5, 5.41) is 0. The van der Waals surface area contributed by atoms with Crippen LogP contribution in [0, 0.1) is 0 Å². The number of benzene rings is 1. The number of likely N-dealkylation sites (N-methyl/N-ethyl adjacent to an activating group) is 1. The smallest absolute Gasteiger partial charge is 0.153 e. The van der Waals surface area contributed by atoms with Gasteiger partial charge in [-0.1, -0.05) is 12.1 Å². The highest BCUT2D eigenvalue weighted by Gasteiger charge is 2.13. The number of para-hydroxylation sites is 1. The summed E-state index contributed by atoms with van der Waals surface area (Å²) in [5.74, 6) is 0.682. The maximum Gasteiger partial charge on any atom is 0.153 e.